The summed E-state index contributed by atoms with van der Waals surface area (Å²) >= 11 is 0. The summed E-state index contributed by atoms with van der Waals surface area (Å²) in [6.45, 7) is 4.28. The van der Waals surface area contributed by atoms with Crippen LogP contribution in [0.4, 0.5) is 0 Å². The fourth-order valence-electron chi connectivity index (χ4n) is 6.59. The van der Waals surface area contributed by atoms with Crippen LogP contribution in [0.25, 0.3) is 0 Å². The second kappa shape index (κ2) is 42.3. The lowest BCUT2D eigenvalue weighted by Gasteiger charge is -2.24. The number of carbonyl (C=O) groups is 2. The Kier molecular flexibility index (Phi) is 40.8. The molecule has 60 heavy (non-hydrogen) atoms. The third kappa shape index (κ3) is 45.5. The standard InChI is InChI=1S/C50H92NO8P/c1-6-8-10-12-14-16-18-20-22-23-24-25-26-27-29-31-33-35-37-39-41-43-50(53)59-48(47-58-60(54,55)57-45-44-51(3,4)5)46-56-49(52)42-40-38-36-34-32-30-28-21-19-17-15-13-11-9-7-2/h9,11,15,17,21,28,32,34,48H,6-8,10,12-14,16,18-20,22-27,29-31,33,35-47H2,1-5H3/p+1/b11-9-,17-15-,28-21-,34-32-/t48-/m1/s1. The number of likely N-dealkylation sites (N-methyl/N-ethyl adjacent to an activating group) is 1. The fourth-order valence-corrected chi connectivity index (χ4v) is 7.34. The van der Waals surface area contributed by atoms with E-state index in [0.717, 1.165) is 51.4 Å². The zero-order chi connectivity index (χ0) is 44.3. The largest absolute Gasteiger partial charge is 0.472 e. The molecule has 0 aromatic heterocycles. The number of hydrogen-bond acceptors (Lipinski definition) is 7. The number of nitrogens with zero attached hydrogens (tertiary/aromatic N) is 1. The van der Waals surface area contributed by atoms with Crippen LogP contribution in [-0.2, 0) is 32.7 Å². The van der Waals surface area contributed by atoms with Gasteiger partial charge in [0.1, 0.15) is 19.8 Å². The number of allylic oxidation sites excluding steroid dienone is 8. The summed E-state index contributed by atoms with van der Waals surface area (Å²) in [5.74, 6) is -0.842. The van der Waals surface area contributed by atoms with Crippen LogP contribution in [0.3, 0.4) is 0 Å². The van der Waals surface area contributed by atoms with E-state index in [1.165, 1.54) is 116 Å². The average molecular weight is 867 g/mol. The van der Waals surface area contributed by atoms with Crippen molar-refractivity contribution in [2.75, 3.05) is 47.5 Å². The number of rotatable bonds is 44. The van der Waals surface area contributed by atoms with Crippen molar-refractivity contribution in [2.24, 2.45) is 0 Å². The Labute approximate surface area is 369 Å². The molecule has 0 saturated heterocycles. The monoisotopic (exact) mass is 867 g/mol. The molecular formula is C50H93NO8P+. The number of esters is 2. The lowest BCUT2D eigenvalue weighted by Crippen LogP contribution is -2.37. The Morgan fingerprint density at radius 1 is 0.533 bits per heavy atom. The molecule has 0 saturated carbocycles. The predicted octanol–water partition coefficient (Wildman–Crippen LogP) is 14.2. The minimum absolute atomic E-state index is 0.0249. The minimum Gasteiger partial charge on any atom is -0.462 e. The molecule has 0 radical (unpaired) electrons. The molecule has 0 aromatic carbocycles. The van der Waals surface area contributed by atoms with Gasteiger partial charge >= 0.3 is 19.8 Å². The topological polar surface area (TPSA) is 108 Å². The number of ether oxygens (including phenoxy) is 2. The molecule has 0 bridgehead atoms. The maximum atomic E-state index is 12.7. The first-order valence-electron chi connectivity index (χ1n) is 24.4. The highest BCUT2D eigenvalue weighted by molar-refractivity contribution is 7.47. The SMILES string of the molecule is CC/C=C\C/C=C\C/C=C\C/C=C\CCCCC(=O)OC[C@H](COP(=O)(O)OCC[N+](C)(C)C)OC(=O)CCCCCCCCCCCCCCCCCCCCCCC. The highest BCUT2D eigenvalue weighted by Crippen LogP contribution is 2.43. The molecule has 350 valence electrons. The number of quaternary nitrogens is 1. The second-order valence-corrected chi connectivity index (χ2v) is 18.9. The van der Waals surface area contributed by atoms with Crippen LogP contribution in [0, 0.1) is 0 Å². The van der Waals surface area contributed by atoms with Gasteiger partial charge in [0.25, 0.3) is 0 Å². The van der Waals surface area contributed by atoms with Crippen LogP contribution in [0.2, 0.25) is 0 Å². The predicted molar refractivity (Wildman–Crippen MR) is 252 cm³/mol. The fraction of sp³-hybridized carbons (Fsp3) is 0.800. The van der Waals surface area contributed by atoms with Crippen LogP contribution in [-0.4, -0.2) is 74.9 Å². The minimum atomic E-state index is -4.39. The molecule has 0 heterocycles. The summed E-state index contributed by atoms with van der Waals surface area (Å²) in [5.41, 5.74) is 0. The molecule has 0 aliphatic heterocycles. The van der Waals surface area contributed by atoms with E-state index in [1.807, 2.05) is 21.1 Å². The molecule has 0 aliphatic carbocycles. The van der Waals surface area contributed by atoms with E-state index >= 15 is 0 Å². The molecule has 0 rings (SSSR count). The Hall–Kier alpha value is -2.03. The zero-order valence-electron chi connectivity index (χ0n) is 39.4. The van der Waals surface area contributed by atoms with Gasteiger partial charge < -0.3 is 18.9 Å². The van der Waals surface area contributed by atoms with E-state index in [2.05, 4.69) is 62.5 Å². The summed E-state index contributed by atoms with van der Waals surface area (Å²) in [6.07, 6.45) is 50.3. The highest BCUT2D eigenvalue weighted by atomic mass is 31.2. The van der Waals surface area contributed by atoms with Crippen molar-refractivity contribution in [3.63, 3.8) is 0 Å². The van der Waals surface area contributed by atoms with E-state index in [1.54, 1.807) is 0 Å². The second-order valence-electron chi connectivity index (χ2n) is 17.5. The van der Waals surface area contributed by atoms with Gasteiger partial charge in [0, 0.05) is 12.8 Å². The Morgan fingerprint density at radius 2 is 0.950 bits per heavy atom. The smallest absolute Gasteiger partial charge is 0.462 e. The number of unbranched alkanes of at least 4 members (excludes halogenated alkanes) is 22. The van der Waals surface area contributed by atoms with Crippen LogP contribution >= 0.6 is 7.82 Å². The van der Waals surface area contributed by atoms with E-state index in [0.29, 0.717) is 23.9 Å². The summed E-state index contributed by atoms with van der Waals surface area (Å²) in [7, 11) is 1.46. The Bertz CT molecular complexity index is 1160. The molecule has 0 aliphatic rings. The third-order valence-electron chi connectivity index (χ3n) is 10.4. The summed E-state index contributed by atoms with van der Waals surface area (Å²) in [6, 6.07) is 0. The maximum absolute atomic E-state index is 12.7. The molecule has 0 spiro atoms. The maximum Gasteiger partial charge on any atom is 0.472 e. The Morgan fingerprint density at radius 3 is 1.42 bits per heavy atom. The first-order valence-corrected chi connectivity index (χ1v) is 25.9. The third-order valence-corrected chi connectivity index (χ3v) is 11.4. The quantitative estimate of drug-likeness (QED) is 0.0212. The van der Waals surface area contributed by atoms with Crippen molar-refractivity contribution in [3.8, 4) is 0 Å². The summed E-state index contributed by atoms with van der Waals surface area (Å²) in [4.78, 5) is 35.4. The first kappa shape index (κ1) is 58.0. The van der Waals surface area contributed by atoms with Gasteiger partial charge in [0.2, 0.25) is 0 Å². The van der Waals surface area contributed by atoms with Crippen molar-refractivity contribution in [1.82, 2.24) is 0 Å². The van der Waals surface area contributed by atoms with Gasteiger partial charge in [-0.15, -0.1) is 0 Å². The Balaban J connectivity index is 4.29. The lowest BCUT2D eigenvalue weighted by molar-refractivity contribution is -0.870. The van der Waals surface area contributed by atoms with E-state index in [9.17, 15) is 19.0 Å². The van der Waals surface area contributed by atoms with Gasteiger partial charge in [-0.2, -0.15) is 0 Å². The van der Waals surface area contributed by atoms with Gasteiger partial charge in [-0.3, -0.25) is 18.6 Å². The van der Waals surface area contributed by atoms with Crippen molar-refractivity contribution in [2.45, 2.75) is 213 Å². The van der Waals surface area contributed by atoms with Crippen LogP contribution in [0.5, 0.6) is 0 Å². The average Bonchev–Trinajstić information content (AvgIpc) is 3.20. The number of carbonyl (C=O) groups excluding carboxylic acids is 2. The van der Waals surface area contributed by atoms with Crippen molar-refractivity contribution >= 4 is 19.8 Å². The van der Waals surface area contributed by atoms with Crippen LogP contribution in [0.1, 0.15) is 206 Å². The van der Waals surface area contributed by atoms with Crippen molar-refractivity contribution < 1.29 is 42.1 Å². The molecule has 10 heteroatoms. The molecule has 1 unspecified atom stereocenters. The molecule has 0 fully saturated rings. The van der Waals surface area contributed by atoms with Gasteiger partial charge in [0.15, 0.2) is 6.10 Å². The number of hydrogen-bond donors (Lipinski definition) is 1. The van der Waals surface area contributed by atoms with Crippen LogP contribution in [0.15, 0.2) is 48.6 Å². The van der Waals surface area contributed by atoms with E-state index < -0.39 is 32.5 Å². The first-order chi connectivity index (χ1) is 29.0. The van der Waals surface area contributed by atoms with E-state index in [-0.39, 0.29) is 26.1 Å². The molecule has 0 amide bonds. The highest BCUT2D eigenvalue weighted by Gasteiger charge is 2.27. The molecule has 0 aromatic rings. The summed E-state index contributed by atoms with van der Waals surface area (Å²) < 4.78 is 34.3. The normalized spacial score (nSPS) is 13.9. The number of phosphoric ester groups is 1. The van der Waals surface area contributed by atoms with Crippen LogP contribution < -0.4 is 0 Å². The van der Waals surface area contributed by atoms with Crippen molar-refractivity contribution in [1.29, 1.82) is 0 Å². The lowest BCUT2D eigenvalue weighted by atomic mass is 10.0. The summed E-state index contributed by atoms with van der Waals surface area (Å²) in [5, 5.41) is 0. The van der Waals surface area contributed by atoms with Gasteiger partial charge in [-0.1, -0.05) is 191 Å². The van der Waals surface area contributed by atoms with Gasteiger partial charge in [-0.25, -0.2) is 4.57 Å². The van der Waals surface area contributed by atoms with Gasteiger partial charge in [-0.05, 0) is 51.4 Å². The molecule has 1 N–H and O–H groups in total. The van der Waals surface area contributed by atoms with Crippen molar-refractivity contribution in [3.05, 3.63) is 48.6 Å². The molecule has 9 nitrogen and oxygen atoms in total. The molecule has 2 atom stereocenters. The molecular weight excluding hydrogens is 774 g/mol. The van der Waals surface area contributed by atoms with E-state index in [4.69, 9.17) is 18.5 Å². The number of phosphoric acid groups is 1. The zero-order valence-corrected chi connectivity index (χ0v) is 40.3. The van der Waals surface area contributed by atoms with Gasteiger partial charge in [0.05, 0.1) is 27.7 Å².